The van der Waals surface area contributed by atoms with Gasteiger partial charge in [-0.3, -0.25) is 4.90 Å². The van der Waals surface area contributed by atoms with Crippen LogP contribution in [0.15, 0.2) is 58.3 Å². The van der Waals surface area contributed by atoms with Crippen molar-refractivity contribution in [3.8, 4) is 6.07 Å². The molecule has 36 heavy (non-hydrogen) atoms. The van der Waals surface area contributed by atoms with E-state index in [0.717, 1.165) is 57.4 Å². The second-order valence-corrected chi connectivity index (χ2v) is 13.6. The normalized spacial score (nSPS) is 18.5. The van der Waals surface area contributed by atoms with Crippen molar-refractivity contribution in [2.75, 3.05) is 45.5 Å². The zero-order valence-electron chi connectivity index (χ0n) is 20.7. The Kier molecular flexibility index (Phi) is 8.48. The van der Waals surface area contributed by atoms with Crippen molar-refractivity contribution in [1.29, 1.82) is 5.26 Å². The molecule has 0 atom stereocenters. The molecule has 2 heterocycles. The number of rotatable bonds is 9. The van der Waals surface area contributed by atoms with Gasteiger partial charge in [-0.25, -0.2) is 16.8 Å². The summed E-state index contributed by atoms with van der Waals surface area (Å²) in [6, 6.07) is 15.3. The highest BCUT2D eigenvalue weighted by atomic mass is 32.2. The maximum atomic E-state index is 13.8. The minimum atomic E-state index is -3.87. The van der Waals surface area contributed by atoms with E-state index in [1.807, 2.05) is 18.2 Å². The van der Waals surface area contributed by atoms with Gasteiger partial charge in [-0.05, 0) is 74.7 Å². The van der Waals surface area contributed by atoms with Gasteiger partial charge < -0.3 is 4.90 Å². The van der Waals surface area contributed by atoms with E-state index in [2.05, 4.69) is 15.9 Å². The molecular weight excluding hydrogens is 496 g/mol. The predicted molar refractivity (Wildman–Crippen MR) is 139 cm³/mol. The first-order valence-corrected chi connectivity index (χ1v) is 15.8. The first kappa shape index (κ1) is 26.8. The summed E-state index contributed by atoms with van der Waals surface area (Å²) in [6.45, 7) is 5.25. The van der Waals surface area contributed by atoms with E-state index in [9.17, 15) is 16.8 Å². The first-order chi connectivity index (χ1) is 17.2. The lowest BCUT2D eigenvalue weighted by atomic mass is 10.0. The van der Waals surface area contributed by atoms with Gasteiger partial charge in [-0.15, -0.1) is 0 Å². The quantitative estimate of drug-likeness (QED) is 0.491. The lowest BCUT2D eigenvalue weighted by Gasteiger charge is -2.38. The fourth-order valence-corrected chi connectivity index (χ4v) is 7.57. The van der Waals surface area contributed by atoms with Gasteiger partial charge in [-0.1, -0.05) is 18.2 Å². The molecule has 0 amide bonds. The van der Waals surface area contributed by atoms with Crippen LogP contribution in [0.25, 0.3) is 0 Å². The van der Waals surface area contributed by atoms with Crippen LogP contribution < -0.4 is 0 Å². The van der Waals surface area contributed by atoms with Gasteiger partial charge in [0.05, 0.1) is 21.4 Å². The fourth-order valence-electron chi connectivity index (χ4n) is 5.11. The van der Waals surface area contributed by atoms with Gasteiger partial charge in [0, 0.05) is 45.0 Å². The Balaban J connectivity index is 1.51. The Morgan fingerprint density at radius 2 is 1.58 bits per heavy atom. The Hall–Kier alpha value is -2.29. The molecular formula is C26H34N4O4S2. The molecule has 0 unspecified atom stereocenters. The monoisotopic (exact) mass is 530 g/mol. The highest BCUT2D eigenvalue weighted by molar-refractivity contribution is 7.91. The summed E-state index contributed by atoms with van der Waals surface area (Å²) in [5, 5.41) is 9.16. The van der Waals surface area contributed by atoms with Crippen LogP contribution in [0.3, 0.4) is 0 Å². The zero-order valence-corrected chi connectivity index (χ0v) is 22.3. The molecule has 2 aromatic rings. The van der Waals surface area contributed by atoms with Crippen LogP contribution in [-0.4, -0.2) is 82.5 Å². The Morgan fingerprint density at radius 1 is 0.917 bits per heavy atom. The molecule has 4 rings (SSSR count). The molecule has 10 heteroatoms. The van der Waals surface area contributed by atoms with E-state index in [1.165, 1.54) is 24.3 Å². The molecule has 0 spiro atoms. The summed E-state index contributed by atoms with van der Waals surface area (Å²) in [5.74, 6) is 0. The highest BCUT2D eigenvalue weighted by Gasteiger charge is 2.34. The molecule has 2 aliphatic rings. The van der Waals surface area contributed by atoms with Crippen molar-refractivity contribution in [3.05, 3.63) is 59.7 Å². The average molecular weight is 531 g/mol. The smallest absolute Gasteiger partial charge is 0.243 e. The molecule has 0 aliphatic carbocycles. The van der Waals surface area contributed by atoms with E-state index < -0.39 is 19.9 Å². The maximum absolute atomic E-state index is 13.8. The third-order valence-electron chi connectivity index (χ3n) is 7.10. The number of nitrogens with zero attached hydrogens (tertiary/aromatic N) is 4. The van der Waals surface area contributed by atoms with Crippen molar-refractivity contribution in [3.63, 3.8) is 0 Å². The van der Waals surface area contributed by atoms with Gasteiger partial charge >= 0.3 is 0 Å². The molecule has 0 bridgehead atoms. The van der Waals surface area contributed by atoms with Crippen LogP contribution in [0.5, 0.6) is 0 Å². The standard InChI is InChI=1S/C26H34N4O4S2/c1-35(31,32)25-8-5-9-26(19-25)36(33,34)30(17-16-28-12-2-3-13-28)24-10-14-29(15-11-24)21-23-7-4-6-22(18-23)20-27/h4-9,18-19,24H,2-3,10-17,21H2,1H3. The molecule has 0 radical (unpaired) electrons. The second-order valence-electron chi connectivity index (χ2n) is 9.73. The molecule has 0 N–H and O–H groups in total. The third kappa shape index (κ3) is 6.52. The number of piperidine rings is 1. The van der Waals surface area contributed by atoms with E-state index >= 15 is 0 Å². The summed E-state index contributed by atoms with van der Waals surface area (Å²) in [5.41, 5.74) is 1.71. The maximum Gasteiger partial charge on any atom is 0.243 e. The number of hydrogen-bond acceptors (Lipinski definition) is 7. The summed E-state index contributed by atoms with van der Waals surface area (Å²) >= 11 is 0. The van der Waals surface area contributed by atoms with Gasteiger partial charge in [-0.2, -0.15) is 9.57 Å². The number of likely N-dealkylation sites (tertiary alicyclic amines) is 2. The van der Waals surface area contributed by atoms with Gasteiger partial charge in [0.1, 0.15) is 0 Å². The van der Waals surface area contributed by atoms with E-state index in [4.69, 9.17) is 5.26 Å². The molecule has 2 aliphatic heterocycles. The topological polar surface area (TPSA) is 102 Å². The lowest BCUT2D eigenvalue weighted by molar-refractivity contribution is 0.147. The first-order valence-electron chi connectivity index (χ1n) is 12.4. The minimum absolute atomic E-state index is 0.0116. The number of sulfonamides is 1. The fraction of sp³-hybridized carbons (Fsp3) is 0.500. The van der Waals surface area contributed by atoms with E-state index in [0.29, 0.717) is 31.5 Å². The zero-order chi connectivity index (χ0) is 25.8. The van der Waals surface area contributed by atoms with E-state index in [-0.39, 0.29) is 15.8 Å². The second kappa shape index (κ2) is 11.4. The van der Waals surface area contributed by atoms with Gasteiger partial charge in [0.15, 0.2) is 9.84 Å². The van der Waals surface area contributed by atoms with E-state index in [1.54, 1.807) is 10.4 Å². The number of benzene rings is 2. The molecule has 8 nitrogen and oxygen atoms in total. The SMILES string of the molecule is CS(=O)(=O)c1cccc(S(=O)(=O)N(CCN2CCCC2)C2CCN(Cc3cccc(C#N)c3)CC2)c1. The van der Waals surface area contributed by atoms with Crippen molar-refractivity contribution < 1.29 is 16.8 Å². The minimum Gasteiger partial charge on any atom is -0.302 e. The van der Waals surface area contributed by atoms with Crippen molar-refractivity contribution >= 4 is 19.9 Å². The largest absolute Gasteiger partial charge is 0.302 e. The Morgan fingerprint density at radius 3 is 2.25 bits per heavy atom. The van der Waals surface area contributed by atoms with Crippen LogP contribution in [0.2, 0.25) is 0 Å². The Labute approximate surface area is 215 Å². The molecule has 0 saturated carbocycles. The van der Waals surface area contributed by atoms with Crippen molar-refractivity contribution in [2.24, 2.45) is 0 Å². The third-order valence-corrected chi connectivity index (χ3v) is 10.2. The Bertz CT molecular complexity index is 1310. The number of sulfone groups is 1. The summed E-state index contributed by atoms with van der Waals surface area (Å²) in [4.78, 5) is 4.63. The highest BCUT2D eigenvalue weighted by Crippen LogP contribution is 2.27. The van der Waals surface area contributed by atoms with Crippen LogP contribution in [0, 0.1) is 11.3 Å². The summed E-state index contributed by atoms with van der Waals surface area (Å²) in [6.07, 6.45) is 4.75. The van der Waals surface area contributed by atoms with Crippen LogP contribution in [-0.2, 0) is 26.4 Å². The van der Waals surface area contributed by atoms with Crippen LogP contribution in [0.1, 0.15) is 36.8 Å². The summed E-state index contributed by atoms with van der Waals surface area (Å²) in [7, 11) is -7.39. The van der Waals surface area contributed by atoms with Gasteiger partial charge in [0.25, 0.3) is 0 Å². The molecule has 2 saturated heterocycles. The van der Waals surface area contributed by atoms with Crippen LogP contribution in [0.4, 0.5) is 0 Å². The lowest BCUT2D eigenvalue weighted by Crippen LogP contribution is -2.49. The average Bonchev–Trinajstić information content (AvgIpc) is 3.38. The molecule has 0 aromatic heterocycles. The van der Waals surface area contributed by atoms with Crippen molar-refractivity contribution in [2.45, 2.75) is 48.1 Å². The number of hydrogen-bond donors (Lipinski definition) is 0. The van der Waals surface area contributed by atoms with Crippen LogP contribution >= 0.6 is 0 Å². The molecule has 194 valence electrons. The molecule has 2 aromatic carbocycles. The van der Waals surface area contributed by atoms with Crippen molar-refractivity contribution in [1.82, 2.24) is 14.1 Å². The number of nitriles is 1. The summed E-state index contributed by atoms with van der Waals surface area (Å²) < 4.78 is 53.4. The molecule has 2 fully saturated rings. The predicted octanol–water partition coefficient (Wildman–Crippen LogP) is 2.71. The van der Waals surface area contributed by atoms with Gasteiger partial charge in [0.2, 0.25) is 10.0 Å².